The lowest BCUT2D eigenvalue weighted by atomic mass is 10.1. The number of amides is 1. The van der Waals surface area contributed by atoms with E-state index >= 15 is 0 Å². The summed E-state index contributed by atoms with van der Waals surface area (Å²) in [7, 11) is 0. The Hall–Kier alpha value is -2.77. The van der Waals surface area contributed by atoms with Crippen molar-refractivity contribution in [3.8, 4) is 5.75 Å². The molecule has 1 saturated heterocycles. The van der Waals surface area contributed by atoms with Gasteiger partial charge in [-0.25, -0.2) is 9.82 Å². The number of hydrogen-bond acceptors (Lipinski definition) is 5. The first-order chi connectivity index (χ1) is 14.5. The average Bonchev–Trinajstić information content (AvgIpc) is 2.73. The molecule has 2 N–H and O–H groups in total. The molecule has 1 amide bonds. The number of benzene rings is 2. The molecule has 0 radical (unpaired) electrons. The van der Waals surface area contributed by atoms with Crippen molar-refractivity contribution in [3.05, 3.63) is 65.0 Å². The first-order valence-corrected chi connectivity index (χ1v) is 10.4. The van der Waals surface area contributed by atoms with Crippen LogP contribution in [0.25, 0.3) is 0 Å². The molecule has 2 aromatic rings. The van der Waals surface area contributed by atoms with Crippen LogP contribution in [-0.4, -0.2) is 59.8 Å². The van der Waals surface area contributed by atoms with E-state index in [0.717, 1.165) is 39.1 Å². The van der Waals surface area contributed by atoms with Crippen molar-refractivity contribution in [3.63, 3.8) is 0 Å². The zero-order valence-electron chi connectivity index (χ0n) is 17.4. The van der Waals surface area contributed by atoms with E-state index in [4.69, 9.17) is 0 Å². The third-order valence-electron chi connectivity index (χ3n) is 5.18. The molecule has 0 bridgehead atoms. The minimum Gasteiger partial charge on any atom is -0.507 e. The highest BCUT2D eigenvalue weighted by Crippen LogP contribution is 2.24. The van der Waals surface area contributed by atoms with Gasteiger partial charge in [0, 0.05) is 38.3 Å². The number of carbonyl (C=O) groups is 1. The van der Waals surface area contributed by atoms with Crippen molar-refractivity contribution < 1.29 is 14.3 Å². The standard InChI is InChI=1S/C23H29FN4O2/c1-2-6-19-13-21(24)14-20(23(19)30)15-25-26-22(29)17-28-11-9-27(10-12-28)16-18-7-4-3-5-8-18/h3-5,7-8,13-15,30H,2,6,9-12,16-17H2,1H3,(H,26,29)/b25-15-. The third kappa shape index (κ3) is 6.37. The predicted molar refractivity (Wildman–Crippen MR) is 116 cm³/mol. The van der Waals surface area contributed by atoms with Crippen LogP contribution >= 0.6 is 0 Å². The summed E-state index contributed by atoms with van der Waals surface area (Å²) in [5.41, 5.74) is 4.56. The summed E-state index contributed by atoms with van der Waals surface area (Å²) in [6.45, 7) is 6.57. The zero-order chi connectivity index (χ0) is 21.3. The topological polar surface area (TPSA) is 68.2 Å². The van der Waals surface area contributed by atoms with Crippen molar-refractivity contribution >= 4 is 12.1 Å². The second-order valence-electron chi connectivity index (χ2n) is 7.58. The van der Waals surface area contributed by atoms with Gasteiger partial charge in [-0.2, -0.15) is 5.10 Å². The van der Waals surface area contributed by atoms with E-state index in [1.807, 2.05) is 25.1 Å². The average molecular weight is 413 g/mol. The van der Waals surface area contributed by atoms with E-state index in [1.165, 1.54) is 23.9 Å². The molecule has 160 valence electrons. The Balaban J connectivity index is 1.44. The molecule has 0 aliphatic carbocycles. The van der Waals surface area contributed by atoms with E-state index < -0.39 is 5.82 Å². The molecule has 6 nitrogen and oxygen atoms in total. The number of hydrogen-bond donors (Lipinski definition) is 2. The third-order valence-corrected chi connectivity index (χ3v) is 5.18. The molecule has 0 unspecified atom stereocenters. The summed E-state index contributed by atoms with van der Waals surface area (Å²) in [6, 6.07) is 12.9. The molecule has 1 aliphatic heterocycles. The van der Waals surface area contributed by atoms with Crippen molar-refractivity contribution in [2.75, 3.05) is 32.7 Å². The summed E-state index contributed by atoms with van der Waals surface area (Å²) >= 11 is 0. The first kappa shape index (κ1) is 21.9. The number of phenolic OH excluding ortho intramolecular Hbond substituents is 1. The van der Waals surface area contributed by atoms with Crippen LogP contribution in [0.3, 0.4) is 0 Å². The Bertz CT molecular complexity index is 865. The van der Waals surface area contributed by atoms with E-state index in [1.54, 1.807) is 0 Å². The second kappa shape index (κ2) is 10.8. The highest BCUT2D eigenvalue weighted by molar-refractivity contribution is 5.86. The van der Waals surface area contributed by atoms with E-state index in [2.05, 4.69) is 32.5 Å². The lowest BCUT2D eigenvalue weighted by Gasteiger charge is -2.34. The number of halogens is 1. The van der Waals surface area contributed by atoms with Crippen LogP contribution in [-0.2, 0) is 17.8 Å². The largest absolute Gasteiger partial charge is 0.507 e. The molecule has 30 heavy (non-hydrogen) atoms. The number of nitrogens with one attached hydrogen (secondary N) is 1. The summed E-state index contributed by atoms with van der Waals surface area (Å²) in [5.74, 6) is -0.657. The van der Waals surface area contributed by atoms with E-state index in [0.29, 0.717) is 12.0 Å². The molecule has 0 saturated carbocycles. The number of aromatic hydroxyl groups is 1. The first-order valence-electron chi connectivity index (χ1n) is 10.4. The fraction of sp³-hybridized carbons (Fsp3) is 0.391. The lowest BCUT2D eigenvalue weighted by Crippen LogP contribution is -2.48. The molecule has 2 aromatic carbocycles. The van der Waals surface area contributed by atoms with Gasteiger partial charge in [-0.1, -0.05) is 43.7 Å². The summed E-state index contributed by atoms with van der Waals surface area (Å²) in [5, 5.41) is 14.1. The summed E-state index contributed by atoms with van der Waals surface area (Å²) in [4.78, 5) is 16.6. The van der Waals surface area contributed by atoms with Crippen LogP contribution in [0.5, 0.6) is 5.75 Å². The van der Waals surface area contributed by atoms with Gasteiger partial charge in [0.2, 0.25) is 0 Å². The number of carbonyl (C=O) groups excluding carboxylic acids is 1. The Labute approximate surface area is 177 Å². The number of aryl methyl sites for hydroxylation is 1. The van der Waals surface area contributed by atoms with Gasteiger partial charge in [-0.3, -0.25) is 14.6 Å². The fourth-order valence-corrected chi connectivity index (χ4v) is 3.60. The quantitative estimate of drug-likeness (QED) is 0.517. The normalized spacial score (nSPS) is 15.5. The Morgan fingerprint density at radius 3 is 2.57 bits per heavy atom. The Kier molecular flexibility index (Phi) is 7.93. The molecule has 0 atom stereocenters. The van der Waals surface area contributed by atoms with Crippen LogP contribution in [0, 0.1) is 5.82 Å². The van der Waals surface area contributed by atoms with Crippen molar-refractivity contribution in [2.24, 2.45) is 5.10 Å². The molecule has 0 spiro atoms. The molecule has 1 heterocycles. The van der Waals surface area contributed by atoms with Crippen LogP contribution in [0.4, 0.5) is 4.39 Å². The molecule has 7 heteroatoms. The molecule has 3 rings (SSSR count). The van der Waals surface area contributed by atoms with Gasteiger partial charge < -0.3 is 5.11 Å². The van der Waals surface area contributed by atoms with E-state index in [-0.39, 0.29) is 23.8 Å². The lowest BCUT2D eigenvalue weighted by molar-refractivity contribution is -0.122. The van der Waals surface area contributed by atoms with Gasteiger partial charge in [0.25, 0.3) is 5.91 Å². The minimum absolute atomic E-state index is 0.00536. The maximum atomic E-state index is 13.7. The predicted octanol–water partition coefficient (Wildman–Crippen LogP) is 2.75. The van der Waals surface area contributed by atoms with Gasteiger partial charge in [0.1, 0.15) is 11.6 Å². The minimum atomic E-state index is -0.433. The highest BCUT2D eigenvalue weighted by atomic mass is 19.1. The summed E-state index contributed by atoms with van der Waals surface area (Å²) in [6.07, 6.45) is 2.66. The van der Waals surface area contributed by atoms with Gasteiger partial charge in [-0.05, 0) is 29.7 Å². The smallest absolute Gasteiger partial charge is 0.254 e. The Morgan fingerprint density at radius 2 is 1.87 bits per heavy atom. The fourth-order valence-electron chi connectivity index (χ4n) is 3.60. The Morgan fingerprint density at radius 1 is 1.17 bits per heavy atom. The van der Waals surface area contributed by atoms with Gasteiger partial charge in [-0.15, -0.1) is 0 Å². The zero-order valence-corrected chi connectivity index (χ0v) is 17.4. The molecule has 1 aliphatic rings. The van der Waals surface area contributed by atoms with Gasteiger partial charge in [0.05, 0.1) is 12.8 Å². The van der Waals surface area contributed by atoms with Crippen molar-refractivity contribution in [1.29, 1.82) is 0 Å². The van der Waals surface area contributed by atoms with Crippen LogP contribution in [0.15, 0.2) is 47.6 Å². The van der Waals surface area contributed by atoms with Crippen LogP contribution in [0.2, 0.25) is 0 Å². The maximum Gasteiger partial charge on any atom is 0.254 e. The molecule has 1 fully saturated rings. The number of nitrogens with zero attached hydrogens (tertiary/aromatic N) is 3. The number of piperazine rings is 1. The molecular weight excluding hydrogens is 383 g/mol. The number of phenols is 1. The SMILES string of the molecule is CCCc1cc(F)cc(/C=N\NC(=O)CN2CCN(Cc3ccccc3)CC2)c1O. The number of rotatable bonds is 8. The van der Waals surface area contributed by atoms with Crippen molar-refractivity contribution in [1.82, 2.24) is 15.2 Å². The van der Waals surface area contributed by atoms with Crippen LogP contribution < -0.4 is 5.43 Å². The second-order valence-corrected chi connectivity index (χ2v) is 7.58. The van der Waals surface area contributed by atoms with E-state index in [9.17, 15) is 14.3 Å². The maximum absolute atomic E-state index is 13.7. The monoisotopic (exact) mass is 412 g/mol. The number of hydrazone groups is 1. The van der Waals surface area contributed by atoms with Crippen molar-refractivity contribution in [2.45, 2.75) is 26.3 Å². The van der Waals surface area contributed by atoms with Gasteiger partial charge in [0.15, 0.2) is 0 Å². The van der Waals surface area contributed by atoms with Crippen LogP contribution in [0.1, 0.15) is 30.0 Å². The summed E-state index contributed by atoms with van der Waals surface area (Å²) < 4.78 is 13.7. The van der Waals surface area contributed by atoms with Gasteiger partial charge >= 0.3 is 0 Å². The highest BCUT2D eigenvalue weighted by Gasteiger charge is 2.18. The molecular formula is C23H29FN4O2. The molecule has 0 aromatic heterocycles.